The molecule has 0 saturated carbocycles. The van der Waals surface area contributed by atoms with Crippen molar-refractivity contribution in [2.45, 2.75) is 25.7 Å². The van der Waals surface area contributed by atoms with E-state index in [9.17, 15) is 13.2 Å². The number of aryl methyl sites for hydroxylation is 1. The topological polar surface area (TPSA) is 71.4 Å². The Kier molecular flexibility index (Phi) is 3.93. The number of carboxylic acids is 1. The van der Waals surface area contributed by atoms with Crippen LogP contribution < -0.4 is 0 Å². The number of carboxylic acid groups (broad SMARTS) is 1. The third-order valence-corrected chi connectivity index (χ3v) is 4.54. The van der Waals surface area contributed by atoms with Gasteiger partial charge in [-0.3, -0.25) is 0 Å². The van der Waals surface area contributed by atoms with E-state index in [1.807, 2.05) is 13.8 Å². The third kappa shape index (κ3) is 3.30. The van der Waals surface area contributed by atoms with Crippen LogP contribution in [0.25, 0.3) is 0 Å². The first-order valence-corrected chi connectivity index (χ1v) is 6.96. The molecule has 0 radical (unpaired) electrons. The number of benzene rings is 1. The van der Waals surface area contributed by atoms with Crippen molar-refractivity contribution in [3.05, 3.63) is 29.3 Å². The first-order valence-electron chi connectivity index (χ1n) is 5.30. The van der Waals surface area contributed by atoms with Crippen LogP contribution in [-0.2, 0) is 9.84 Å². The molecule has 0 aliphatic carbocycles. The lowest BCUT2D eigenvalue weighted by molar-refractivity contribution is 0.0696. The van der Waals surface area contributed by atoms with E-state index in [4.69, 9.17) is 5.11 Å². The smallest absolute Gasteiger partial charge is 0.335 e. The van der Waals surface area contributed by atoms with Gasteiger partial charge in [0.1, 0.15) is 0 Å². The highest BCUT2D eigenvalue weighted by Gasteiger charge is 2.20. The van der Waals surface area contributed by atoms with Crippen molar-refractivity contribution in [3.63, 3.8) is 0 Å². The van der Waals surface area contributed by atoms with Crippen molar-refractivity contribution in [2.75, 3.05) is 5.75 Å². The van der Waals surface area contributed by atoms with Crippen LogP contribution in [0.5, 0.6) is 0 Å². The average molecular weight is 256 g/mol. The lowest BCUT2D eigenvalue weighted by Gasteiger charge is -2.10. The number of hydrogen-bond acceptors (Lipinski definition) is 3. The molecule has 0 unspecified atom stereocenters. The summed E-state index contributed by atoms with van der Waals surface area (Å²) in [5.74, 6) is -1.09. The maximum atomic E-state index is 12.0. The van der Waals surface area contributed by atoms with Crippen molar-refractivity contribution in [2.24, 2.45) is 5.92 Å². The monoisotopic (exact) mass is 256 g/mol. The van der Waals surface area contributed by atoms with E-state index in [0.29, 0.717) is 5.56 Å². The normalized spacial score (nSPS) is 11.8. The minimum Gasteiger partial charge on any atom is -0.478 e. The Bertz CT molecular complexity index is 529. The second-order valence-electron chi connectivity index (χ2n) is 4.46. The SMILES string of the molecule is Cc1ccc(C(=O)O)cc1S(=O)(=O)CC(C)C. The van der Waals surface area contributed by atoms with E-state index < -0.39 is 15.8 Å². The molecule has 1 N–H and O–H groups in total. The summed E-state index contributed by atoms with van der Waals surface area (Å²) in [4.78, 5) is 10.9. The van der Waals surface area contributed by atoms with Crippen molar-refractivity contribution in [1.29, 1.82) is 0 Å². The van der Waals surface area contributed by atoms with E-state index in [0.717, 1.165) is 0 Å². The van der Waals surface area contributed by atoms with Crippen LogP contribution in [0.4, 0.5) is 0 Å². The summed E-state index contributed by atoms with van der Waals surface area (Å²) in [5.41, 5.74) is 0.577. The number of carbonyl (C=O) groups is 1. The molecule has 1 rings (SSSR count). The second-order valence-corrected chi connectivity index (χ2v) is 6.46. The van der Waals surface area contributed by atoms with Gasteiger partial charge in [0.15, 0.2) is 9.84 Å². The molecule has 17 heavy (non-hydrogen) atoms. The maximum Gasteiger partial charge on any atom is 0.335 e. The molecule has 0 spiro atoms. The minimum absolute atomic E-state index is 0.00192. The molecule has 1 aromatic rings. The van der Waals surface area contributed by atoms with E-state index >= 15 is 0 Å². The molecule has 0 heterocycles. The van der Waals surface area contributed by atoms with Crippen LogP contribution in [0.3, 0.4) is 0 Å². The van der Waals surface area contributed by atoms with Crippen molar-refractivity contribution >= 4 is 15.8 Å². The van der Waals surface area contributed by atoms with Gasteiger partial charge in [0.05, 0.1) is 16.2 Å². The first kappa shape index (κ1) is 13.7. The first-order chi connectivity index (χ1) is 7.74. The Hall–Kier alpha value is -1.36. The average Bonchev–Trinajstić information content (AvgIpc) is 2.15. The molecule has 5 heteroatoms. The van der Waals surface area contributed by atoms with Gasteiger partial charge < -0.3 is 5.11 Å². The lowest BCUT2D eigenvalue weighted by atomic mass is 10.1. The van der Waals surface area contributed by atoms with E-state index in [1.165, 1.54) is 18.2 Å². The van der Waals surface area contributed by atoms with Gasteiger partial charge in [0, 0.05) is 0 Å². The number of hydrogen-bond donors (Lipinski definition) is 1. The summed E-state index contributed by atoms with van der Waals surface area (Å²) in [6.45, 7) is 5.29. The number of aromatic carboxylic acids is 1. The molecule has 4 nitrogen and oxygen atoms in total. The van der Waals surface area contributed by atoms with Crippen LogP contribution >= 0.6 is 0 Å². The zero-order chi connectivity index (χ0) is 13.2. The summed E-state index contributed by atoms with van der Waals surface area (Å²) in [5, 5.41) is 8.85. The summed E-state index contributed by atoms with van der Waals surface area (Å²) < 4.78 is 24.1. The minimum atomic E-state index is -3.41. The van der Waals surface area contributed by atoms with Crippen LogP contribution in [0.2, 0.25) is 0 Å². The summed E-state index contributed by atoms with van der Waals surface area (Å²) in [6.07, 6.45) is 0. The van der Waals surface area contributed by atoms with Crippen molar-refractivity contribution < 1.29 is 18.3 Å². The predicted molar refractivity (Wildman–Crippen MR) is 65.0 cm³/mol. The fourth-order valence-corrected chi connectivity index (χ4v) is 3.52. The molecule has 0 aliphatic rings. The molecule has 0 aromatic heterocycles. The third-order valence-electron chi connectivity index (χ3n) is 2.32. The Morgan fingerprint density at radius 3 is 2.41 bits per heavy atom. The van der Waals surface area contributed by atoms with Crippen LogP contribution in [0.15, 0.2) is 23.1 Å². The van der Waals surface area contributed by atoms with E-state index in [-0.39, 0.29) is 22.1 Å². The zero-order valence-electron chi connectivity index (χ0n) is 10.1. The van der Waals surface area contributed by atoms with E-state index in [1.54, 1.807) is 6.92 Å². The molecule has 0 saturated heterocycles. The van der Waals surface area contributed by atoms with Gasteiger partial charge in [0.25, 0.3) is 0 Å². The van der Waals surface area contributed by atoms with Gasteiger partial charge in [-0.15, -0.1) is 0 Å². The largest absolute Gasteiger partial charge is 0.478 e. The standard InChI is InChI=1S/C12H16O4S/c1-8(2)7-17(15,16)11-6-10(12(13)14)5-4-9(11)3/h4-6,8H,7H2,1-3H3,(H,13,14). The Balaban J connectivity index is 3.30. The predicted octanol–water partition coefficient (Wildman–Crippen LogP) is 2.12. The second kappa shape index (κ2) is 4.87. The Labute approximate surface area is 101 Å². The van der Waals surface area contributed by atoms with Crippen LogP contribution in [0.1, 0.15) is 29.8 Å². The molecule has 0 fully saturated rings. The van der Waals surface area contributed by atoms with Crippen molar-refractivity contribution in [1.82, 2.24) is 0 Å². The summed E-state index contributed by atoms with van der Waals surface area (Å²) in [6, 6.07) is 4.16. The summed E-state index contributed by atoms with van der Waals surface area (Å²) in [7, 11) is -3.41. The van der Waals surface area contributed by atoms with Gasteiger partial charge in [-0.05, 0) is 30.5 Å². The molecule has 0 aliphatic heterocycles. The van der Waals surface area contributed by atoms with Crippen LogP contribution in [0, 0.1) is 12.8 Å². The Morgan fingerprint density at radius 2 is 1.94 bits per heavy atom. The molecule has 1 aromatic carbocycles. The molecule has 0 bridgehead atoms. The van der Waals surface area contributed by atoms with Gasteiger partial charge in [-0.1, -0.05) is 19.9 Å². The highest BCUT2D eigenvalue weighted by atomic mass is 32.2. The number of rotatable bonds is 4. The zero-order valence-corrected chi connectivity index (χ0v) is 10.9. The Morgan fingerprint density at radius 1 is 1.35 bits per heavy atom. The molecule has 0 amide bonds. The van der Waals surface area contributed by atoms with E-state index in [2.05, 4.69) is 0 Å². The quantitative estimate of drug-likeness (QED) is 0.895. The van der Waals surface area contributed by atoms with Gasteiger partial charge >= 0.3 is 5.97 Å². The molecule has 0 atom stereocenters. The molecular weight excluding hydrogens is 240 g/mol. The van der Waals surface area contributed by atoms with Crippen LogP contribution in [-0.4, -0.2) is 25.2 Å². The molecule has 94 valence electrons. The highest BCUT2D eigenvalue weighted by molar-refractivity contribution is 7.91. The summed E-state index contributed by atoms with van der Waals surface area (Å²) >= 11 is 0. The number of sulfone groups is 1. The molecular formula is C12H16O4S. The van der Waals surface area contributed by atoms with Crippen molar-refractivity contribution in [3.8, 4) is 0 Å². The van der Waals surface area contributed by atoms with Gasteiger partial charge in [0.2, 0.25) is 0 Å². The fraction of sp³-hybridized carbons (Fsp3) is 0.417. The fourth-order valence-electron chi connectivity index (χ4n) is 1.60. The lowest BCUT2D eigenvalue weighted by Crippen LogP contribution is -2.14. The highest BCUT2D eigenvalue weighted by Crippen LogP contribution is 2.20. The van der Waals surface area contributed by atoms with Gasteiger partial charge in [-0.25, -0.2) is 13.2 Å². The van der Waals surface area contributed by atoms with Gasteiger partial charge in [-0.2, -0.15) is 0 Å². The maximum absolute atomic E-state index is 12.0.